The maximum absolute atomic E-state index is 13.5. The van der Waals surface area contributed by atoms with Crippen LogP contribution in [0.25, 0.3) is 22.3 Å². The number of aliphatic hydroxyl groups is 1. The number of nitrogens with one attached hydrogen (secondary N) is 2. The summed E-state index contributed by atoms with van der Waals surface area (Å²) in [4.78, 5) is 24.8. The molecule has 0 unspecified atom stereocenters. The number of aromatic nitrogens is 3. The van der Waals surface area contributed by atoms with Crippen LogP contribution in [-0.4, -0.2) is 44.7 Å². The molecule has 5 rings (SSSR count). The minimum absolute atomic E-state index is 0.184. The van der Waals surface area contributed by atoms with Crippen molar-refractivity contribution < 1.29 is 27.8 Å². The number of hydrogen-bond acceptors (Lipinski definition) is 5. The summed E-state index contributed by atoms with van der Waals surface area (Å²) in [5.41, 5.74) is 1.06. The highest BCUT2D eigenvalue weighted by Crippen LogP contribution is 2.40. The molecule has 7 nitrogen and oxygen atoms in total. The first-order valence-electron chi connectivity index (χ1n) is 11.9. The van der Waals surface area contributed by atoms with Crippen LogP contribution in [0.1, 0.15) is 60.1 Å². The zero-order chi connectivity index (χ0) is 24.7. The summed E-state index contributed by atoms with van der Waals surface area (Å²) in [6.07, 6.45) is 1.31. The van der Waals surface area contributed by atoms with Crippen LogP contribution in [0, 0.1) is 12.8 Å². The van der Waals surface area contributed by atoms with Crippen LogP contribution >= 0.6 is 0 Å². The number of nitrogens with zero attached hydrogens (tertiary/aromatic N) is 2. The number of ether oxygens (including phenoxy) is 1. The molecular weight excluding hydrogens is 461 g/mol. The number of rotatable bonds is 6. The van der Waals surface area contributed by atoms with Gasteiger partial charge in [-0.3, -0.25) is 4.79 Å². The first-order valence-corrected chi connectivity index (χ1v) is 11.9. The van der Waals surface area contributed by atoms with Crippen molar-refractivity contribution in [2.75, 3.05) is 6.61 Å². The topological polar surface area (TPSA) is 100 Å². The van der Waals surface area contributed by atoms with E-state index in [0.717, 1.165) is 37.8 Å². The van der Waals surface area contributed by atoms with Crippen molar-refractivity contribution in [1.82, 2.24) is 20.3 Å². The predicted molar refractivity (Wildman–Crippen MR) is 123 cm³/mol. The fourth-order valence-electron chi connectivity index (χ4n) is 4.63. The number of fused-ring (bicyclic) bond motifs is 1. The molecule has 0 radical (unpaired) electrons. The summed E-state index contributed by atoms with van der Waals surface area (Å²) in [6.45, 7) is 2.13. The Morgan fingerprint density at radius 3 is 2.69 bits per heavy atom. The van der Waals surface area contributed by atoms with Gasteiger partial charge in [0.25, 0.3) is 5.91 Å². The molecule has 2 aromatic heterocycles. The third-order valence-electron chi connectivity index (χ3n) is 6.78. The number of carbonyl (C=O) groups is 1. The van der Waals surface area contributed by atoms with Gasteiger partial charge in [-0.1, -0.05) is 12.8 Å². The first-order chi connectivity index (χ1) is 16.7. The third kappa shape index (κ3) is 4.84. The third-order valence-corrected chi connectivity index (χ3v) is 6.78. The van der Waals surface area contributed by atoms with Gasteiger partial charge in [-0.05, 0) is 56.7 Å². The molecule has 2 aliphatic carbocycles. The first kappa shape index (κ1) is 23.6. The van der Waals surface area contributed by atoms with Crippen LogP contribution in [0.4, 0.5) is 13.2 Å². The predicted octanol–water partition coefficient (Wildman–Crippen LogP) is 4.77. The lowest BCUT2D eigenvalue weighted by molar-refractivity contribution is -0.137. The van der Waals surface area contributed by atoms with E-state index in [4.69, 9.17) is 4.74 Å². The smallest absolute Gasteiger partial charge is 0.416 e. The second kappa shape index (κ2) is 9.14. The van der Waals surface area contributed by atoms with E-state index in [1.54, 1.807) is 6.92 Å². The Hall–Kier alpha value is -3.14. The van der Waals surface area contributed by atoms with Crippen LogP contribution in [0.3, 0.4) is 0 Å². The summed E-state index contributed by atoms with van der Waals surface area (Å²) >= 11 is 0. The molecule has 2 fully saturated rings. The fraction of sp³-hybridized carbons (Fsp3) is 0.480. The van der Waals surface area contributed by atoms with Crippen molar-refractivity contribution in [2.24, 2.45) is 5.92 Å². The van der Waals surface area contributed by atoms with Gasteiger partial charge in [0.1, 0.15) is 23.3 Å². The Labute approximate surface area is 200 Å². The van der Waals surface area contributed by atoms with Gasteiger partial charge in [0.2, 0.25) is 0 Å². The van der Waals surface area contributed by atoms with Gasteiger partial charge >= 0.3 is 6.18 Å². The molecule has 2 atom stereocenters. The van der Waals surface area contributed by atoms with E-state index in [9.17, 15) is 23.1 Å². The van der Waals surface area contributed by atoms with Crippen LogP contribution in [0.2, 0.25) is 0 Å². The number of aryl methyl sites for hydroxylation is 1. The molecular formula is C25H27F3N4O3. The molecule has 2 saturated carbocycles. The van der Waals surface area contributed by atoms with Crippen LogP contribution in [-0.2, 0) is 6.18 Å². The highest BCUT2D eigenvalue weighted by atomic mass is 19.4. The summed E-state index contributed by atoms with van der Waals surface area (Å²) < 4.78 is 46.5. The highest BCUT2D eigenvalue weighted by molar-refractivity contribution is 6.09. The number of benzene rings is 1. The standard InChI is InChI=1S/C25H27F3N4O3/c1-13-20(24(34)32-17-4-2-3-5-18(17)33)22-23(31-13)21(29-12-30-22)16-10-15(25(26,27)28)8-9-19(16)35-11-14-6-7-14/h8-10,12,14,17-18,31,33H,2-7,11H2,1H3,(H,32,34)/t17-,18-/m1/s1. The minimum Gasteiger partial charge on any atom is -0.493 e. The minimum atomic E-state index is -4.53. The van der Waals surface area contributed by atoms with Gasteiger partial charge in [-0.2, -0.15) is 13.2 Å². The van der Waals surface area contributed by atoms with Gasteiger partial charge in [-0.15, -0.1) is 0 Å². The Morgan fingerprint density at radius 1 is 1.20 bits per heavy atom. The van der Waals surface area contributed by atoms with Crippen molar-refractivity contribution in [2.45, 2.75) is 63.8 Å². The molecule has 0 spiro atoms. The summed E-state index contributed by atoms with van der Waals surface area (Å²) in [5.74, 6) is 0.320. The monoisotopic (exact) mass is 488 g/mol. The molecule has 2 heterocycles. The maximum Gasteiger partial charge on any atom is 0.416 e. The van der Waals surface area contributed by atoms with E-state index in [0.29, 0.717) is 47.8 Å². The van der Waals surface area contributed by atoms with E-state index < -0.39 is 23.8 Å². The molecule has 35 heavy (non-hydrogen) atoms. The summed E-state index contributed by atoms with van der Waals surface area (Å²) in [7, 11) is 0. The fourth-order valence-corrected chi connectivity index (χ4v) is 4.63. The van der Waals surface area contributed by atoms with E-state index in [1.165, 1.54) is 12.4 Å². The van der Waals surface area contributed by atoms with Crippen molar-refractivity contribution in [3.05, 3.63) is 41.3 Å². The van der Waals surface area contributed by atoms with E-state index in [-0.39, 0.29) is 22.9 Å². The van der Waals surface area contributed by atoms with Gasteiger partial charge < -0.3 is 20.1 Å². The van der Waals surface area contributed by atoms with Gasteiger partial charge in [0.05, 0.1) is 35.4 Å². The average Bonchev–Trinajstić information content (AvgIpc) is 3.58. The van der Waals surface area contributed by atoms with Gasteiger partial charge in [-0.25, -0.2) is 9.97 Å². The van der Waals surface area contributed by atoms with Gasteiger partial charge in [0.15, 0.2) is 0 Å². The quantitative estimate of drug-likeness (QED) is 0.464. The number of halogens is 3. The number of alkyl halides is 3. The van der Waals surface area contributed by atoms with Crippen molar-refractivity contribution in [1.29, 1.82) is 0 Å². The molecule has 0 aliphatic heterocycles. The second-order valence-electron chi connectivity index (χ2n) is 9.47. The number of hydrogen-bond donors (Lipinski definition) is 3. The zero-order valence-electron chi connectivity index (χ0n) is 19.3. The summed E-state index contributed by atoms with van der Waals surface area (Å²) in [5, 5.41) is 13.2. The number of amides is 1. The lowest BCUT2D eigenvalue weighted by Gasteiger charge is -2.28. The van der Waals surface area contributed by atoms with Crippen LogP contribution in [0.5, 0.6) is 5.75 Å². The van der Waals surface area contributed by atoms with Crippen LogP contribution < -0.4 is 10.1 Å². The van der Waals surface area contributed by atoms with E-state index in [1.807, 2.05) is 0 Å². The molecule has 186 valence electrons. The zero-order valence-corrected chi connectivity index (χ0v) is 19.3. The number of carbonyl (C=O) groups excluding carboxylic acids is 1. The normalized spacial score (nSPS) is 20.7. The molecule has 0 bridgehead atoms. The Morgan fingerprint density at radius 2 is 1.97 bits per heavy atom. The molecule has 1 aromatic carbocycles. The molecule has 2 aliphatic rings. The molecule has 3 N–H and O–H groups in total. The lowest BCUT2D eigenvalue weighted by Crippen LogP contribution is -2.45. The highest BCUT2D eigenvalue weighted by Gasteiger charge is 2.33. The molecule has 10 heteroatoms. The van der Waals surface area contributed by atoms with Crippen LogP contribution in [0.15, 0.2) is 24.5 Å². The van der Waals surface area contributed by atoms with Crippen molar-refractivity contribution >= 4 is 16.9 Å². The van der Waals surface area contributed by atoms with E-state index >= 15 is 0 Å². The summed E-state index contributed by atoms with van der Waals surface area (Å²) in [6, 6.07) is 2.99. The SMILES string of the molecule is Cc1[nH]c2c(-c3cc(C(F)(F)F)ccc3OCC3CC3)ncnc2c1C(=O)N[C@@H]1CCCC[C@H]1O. The maximum atomic E-state index is 13.5. The number of aliphatic hydroxyl groups excluding tert-OH is 1. The Bertz CT molecular complexity index is 1250. The van der Waals surface area contributed by atoms with Crippen molar-refractivity contribution in [3.8, 4) is 17.0 Å². The average molecular weight is 489 g/mol. The number of H-pyrrole nitrogens is 1. The largest absolute Gasteiger partial charge is 0.493 e. The van der Waals surface area contributed by atoms with Gasteiger partial charge in [0, 0.05) is 11.3 Å². The second-order valence-corrected chi connectivity index (χ2v) is 9.47. The molecule has 3 aromatic rings. The van der Waals surface area contributed by atoms with Crippen molar-refractivity contribution in [3.63, 3.8) is 0 Å². The molecule has 0 saturated heterocycles. The Balaban J connectivity index is 1.55. The Kier molecular flexibility index (Phi) is 6.16. The number of aromatic amines is 1. The van der Waals surface area contributed by atoms with E-state index in [2.05, 4.69) is 20.3 Å². The lowest BCUT2D eigenvalue weighted by atomic mass is 9.92. The molecule has 1 amide bonds.